The lowest BCUT2D eigenvalue weighted by Gasteiger charge is -2.11. The van der Waals surface area contributed by atoms with E-state index in [-0.39, 0.29) is 11.6 Å². The van der Waals surface area contributed by atoms with Crippen LogP contribution >= 0.6 is 11.8 Å². The Morgan fingerprint density at radius 2 is 0.925 bits per heavy atom. The third kappa shape index (κ3) is 5.74. The molecule has 1 atom stereocenters. The van der Waals surface area contributed by atoms with E-state index in [4.69, 9.17) is 0 Å². The van der Waals surface area contributed by atoms with Gasteiger partial charge in [-0.15, -0.1) is 0 Å². The van der Waals surface area contributed by atoms with Crippen LogP contribution in [0.15, 0.2) is 176 Å². The van der Waals surface area contributed by atoms with Crippen LogP contribution in [0.1, 0.15) is 0 Å². The first kappa shape index (κ1) is 26.1. The van der Waals surface area contributed by atoms with Gasteiger partial charge in [0.2, 0.25) is 4.90 Å². The van der Waals surface area contributed by atoms with Crippen LogP contribution in [0.25, 0.3) is 22.3 Å². The van der Waals surface area contributed by atoms with Crippen LogP contribution in [-0.2, 0) is 10.9 Å². The first-order chi connectivity index (χ1) is 19.7. The average Bonchev–Trinajstić information content (AvgIpc) is 3.01. The molecule has 0 nitrogen and oxygen atoms in total. The molecule has 0 fully saturated rings. The molecule has 40 heavy (non-hydrogen) atoms. The first-order valence-corrected chi connectivity index (χ1v) is 15.0. The summed E-state index contributed by atoms with van der Waals surface area (Å²) in [5.41, 5.74) is 3.67. The van der Waals surface area contributed by atoms with E-state index in [1.807, 2.05) is 140 Å². The van der Waals surface area contributed by atoms with Gasteiger partial charge >= 0.3 is 0 Å². The second-order valence-electron chi connectivity index (χ2n) is 9.22. The Kier molecular flexibility index (Phi) is 7.80. The lowest BCUT2D eigenvalue weighted by atomic mass is 10.1. The number of halogens is 2. The van der Waals surface area contributed by atoms with Crippen molar-refractivity contribution >= 4 is 22.7 Å². The molecular formula is C36H25F2S2+. The molecule has 0 aliphatic carbocycles. The monoisotopic (exact) mass is 559 g/mol. The normalized spacial score (nSPS) is 11.8. The summed E-state index contributed by atoms with van der Waals surface area (Å²) in [5.74, 6) is -0.479. The predicted octanol–water partition coefficient (Wildman–Crippen LogP) is 10.5. The van der Waals surface area contributed by atoms with Crippen molar-refractivity contribution in [1.82, 2.24) is 0 Å². The van der Waals surface area contributed by atoms with Crippen molar-refractivity contribution in [2.45, 2.75) is 24.5 Å². The highest BCUT2D eigenvalue weighted by molar-refractivity contribution is 7.99. The molecule has 0 amide bonds. The summed E-state index contributed by atoms with van der Waals surface area (Å²) in [4.78, 5) is 4.18. The Hall–Kier alpha value is -4.12. The third-order valence-electron chi connectivity index (χ3n) is 6.56. The van der Waals surface area contributed by atoms with Crippen molar-refractivity contribution in [3.05, 3.63) is 163 Å². The van der Waals surface area contributed by atoms with E-state index in [1.54, 1.807) is 12.1 Å². The number of hydrogen-bond acceptors (Lipinski definition) is 1. The van der Waals surface area contributed by atoms with Crippen LogP contribution in [0, 0.1) is 11.6 Å². The van der Waals surface area contributed by atoms with Gasteiger partial charge < -0.3 is 0 Å². The molecule has 4 heteroatoms. The van der Waals surface area contributed by atoms with Crippen LogP contribution in [0.2, 0.25) is 0 Å². The summed E-state index contributed by atoms with van der Waals surface area (Å²) >= 11 is 1.39. The van der Waals surface area contributed by atoms with Crippen LogP contribution < -0.4 is 0 Å². The second kappa shape index (κ2) is 12.0. The van der Waals surface area contributed by atoms with Gasteiger partial charge in [0.1, 0.15) is 16.7 Å². The Bertz CT molecular complexity index is 1720. The lowest BCUT2D eigenvalue weighted by molar-refractivity contribution is 0.601. The van der Waals surface area contributed by atoms with Gasteiger partial charge in [-0.05, 0) is 89.0 Å². The number of hydrogen-bond donors (Lipinski definition) is 0. The van der Waals surface area contributed by atoms with Crippen LogP contribution in [0.3, 0.4) is 0 Å². The smallest absolute Gasteiger partial charge is 0.202 e. The van der Waals surface area contributed by atoms with Crippen molar-refractivity contribution in [2.24, 2.45) is 0 Å². The first-order valence-electron chi connectivity index (χ1n) is 12.9. The average molecular weight is 560 g/mol. The highest BCUT2D eigenvalue weighted by atomic mass is 32.2. The fourth-order valence-corrected chi connectivity index (χ4v) is 7.48. The molecule has 0 spiro atoms. The summed E-state index contributed by atoms with van der Waals surface area (Å²) in [5, 5.41) is 0. The zero-order valence-electron chi connectivity index (χ0n) is 21.5. The van der Waals surface area contributed by atoms with Gasteiger partial charge in [0.05, 0.1) is 0 Å². The van der Waals surface area contributed by atoms with E-state index >= 15 is 8.78 Å². The summed E-state index contributed by atoms with van der Waals surface area (Å²) in [7, 11) is -0.633. The molecule has 0 N–H and O–H groups in total. The quantitative estimate of drug-likeness (QED) is 0.175. The van der Waals surface area contributed by atoms with E-state index in [1.165, 1.54) is 11.8 Å². The molecule has 6 aromatic rings. The lowest BCUT2D eigenvalue weighted by Crippen LogP contribution is -2.07. The Morgan fingerprint density at radius 1 is 0.425 bits per heavy atom. The summed E-state index contributed by atoms with van der Waals surface area (Å²) in [6, 6.07) is 48.6. The largest absolute Gasteiger partial charge is 0.206 e. The molecule has 0 saturated carbocycles. The Balaban J connectivity index is 1.29. The van der Waals surface area contributed by atoms with E-state index in [0.717, 1.165) is 36.9 Å². The van der Waals surface area contributed by atoms with Gasteiger partial charge in [-0.1, -0.05) is 96.7 Å². The van der Waals surface area contributed by atoms with Gasteiger partial charge in [0.15, 0.2) is 15.6 Å². The maximum absolute atomic E-state index is 15.7. The summed E-state index contributed by atoms with van der Waals surface area (Å²) < 4.78 is 30.7. The molecule has 0 heterocycles. The molecule has 0 aliphatic rings. The minimum Gasteiger partial charge on any atom is -0.206 e. The van der Waals surface area contributed by atoms with E-state index in [9.17, 15) is 0 Å². The molecule has 6 aromatic carbocycles. The molecule has 194 valence electrons. The van der Waals surface area contributed by atoms with Crippen LogP contribution in [-0.4, -0.2) is 0 Å². The van der Waals surface area contributed by atoms with Crippen LogP contribution in [0.4, 0.5) is 8.78 Å². The van der Waals surface area contributed by atoms with Gasteiger partial charge in [-0.25, -0.2) is 8.78 Å². The van der Waals surface area contributed by atoms with E-state index < -0.39 is 10.9 Å². The number of rotatable bonds is 7. The van der Waals surface area contributed by atoms with Gasteiger partial charge in [0, 0.05) is 9.79 Å². The van der Waals surface area contributed by atoms with Crippen molar-refractivity contribution in [3.63, 3.8) is 0 Å². The number of benzene rings is 6. The zero-order valence-corrected chi connectivity index (χ0v) is 23.1. The SMILES string of the molecule is Fc1cc(-c2ccccc2)ccc1Sc1ccc([S+](c2ccccc2)c2ccc(-c3ccccc3)cc2F)cc1. The molecule has 0 aromatic heterocycles. The highest BCUT2D eigenvalue weighted by Gasteiger charge is 2.32. The second-order valence-corrected chi connectivity index (χ2v) is 12.3. The zero-order chi connectivity index (χ0) is 27.3. The summed E-state index contributed by atoms with van der Waals surface area (Å²) in [6.45, 7) is 0. The standard InChI is InChI=1S/C36H25F2S2/c37-33-24-28(26-10-4-1-5-11-26)16-22-35(33)39-30-18-20-32(21-19-30)40(31-14-8-3-9-15-31)36-23-17-29(25-34(36)38)27-12-6-2-7-13-27/h1-25H/q+1. The summed E-state index contributed by atoms with van der Waals surface area (Å²) in [6.07, 6.45) is 0. The molecule has 6 rings (SSSR count). The van der Waals surface area contributed by atoms with Crippen molar-refractivity contribution < 1.29 is 8.78 Å². The molecular weight excluding hydrogens is 535 g/mol. The Morgan fingerprint density at radius 3 is 1.48 bits per heavy atom. The minimum atomic E-state index is -0.633. The third-order valence-corrected chi connectivity index (χ3v) is 9.88. The highest BCUT2D eigenvalue weighted by Crippen LogP contribution is 2.37. The van der Waals surface area contributed by atoms with Crippen LogP contribution in [0.5, 0.6) is 0 Å². The molecule has 1 unspecified atom stereocenters. The van der Waals surface area contributed by atoms with Crippen molar-refractivity contribution in [3.8, 4) is 22.3 Å². The maximum atomic E-state index is 15.7. The fourth-order valence-electron chi connectivity index (χ4n) is 4.59. The molecule has 0 aliphatic heterocycles. The fraction of sp³-hybridized carbons (Fsp3) is 0. The minimum absolute atomic E-state index is 0.229. The molecule has 0 saturated heterocycles. The van der Waals surface area contributed by atoms with Crippen molar-refractivity contribution in [1.29, 1.82) is 0 Å². The Labute approximate surface area is 240 Å². The van der Waals surface area contributed by atoms with Gasteiger partial charge in [0.25, 0.3) is 0 Å². The topological polar surface area (TPSA) is 0 Å². The predicted molar refractivity (Wildman–Crippen MR) is 163 cm³/mol. The van der Waals surface area contributed by atoms with Crippen molar-refractivity contribution in [2.75, 3.05) is 0 Å². The van der Waals surface area contributed by atoms with E-state index in [0.29, 0.717) is 9.79 Å². The molecule has 0 radical (unpaired) electrons. The molecule has 0 bridgehead atoms. The maximum Gasteiger partial charge on any atom is 0.202 e. The van der Waals surface area contributed by atoms with E-state index in [2.05, 4.69) is 0 Å². The van der Waals surface area contributed by atoms with Gasteiger partial charge in [-0.3, -0.25) is 0 Å². The van der Waals surface area contributed by atoms with Gasteiger partial charge in [-0.2, -0.15) is 0 Å².